The van der Waals surface area contributed by atoms with E-state index < -0.39 is 0 Å². The SMILES string of the molecule is CSNC1=CC2=C(C=C(C(=O)/C(C#N)=C/N(C)C)NC2)CC=C1F. The van der Waals surface area contributed by atoms with Gasteiger partial charge >= 0.3 is 0 Å². The largest absolute Gasteiger partial charge is 0.382 e. The van der Waals surface area contributed by atoms with Crippen LogP contribution in [-0.4, -0.2) is 37.6 Å². The number of hydrogen-bond acceptors (Lipinski definition) is 6. The lowest BCUT2D eigenvalue weighted by Gasteiger charge is -2.19. The van der Waals surface area contributed by atoms with E-state index in [9.17, 15) is 9.18 Å². The Hall–Kier alpha value is -2.46. The molecule has 0 saturated carbocycles. The molecule has 0 bridgehead atoms. The van der Waals surface area contributed by atoms with E-state index in [-0.39, 0.29) is 17.2 Å². The molecular formula is C17H19FN4OS. The van der Waals surface area contributed by atoms with Crippen molar-refractivity contribution < 1.29 is 9.18 Å². The summed E-state index contributed by atoms with van der Waals surface area (Å²) in [7, 11) is 3.50. The van der Waals surface area contributed by atoms with Crippen LogP contribution >= 0.6 is 11.9 Å². The molecule has 1 aliphatic carbocycles. The van der Waals surface area contributed by atoms with E-state index in [1.165, 1.54) is 24.2 Å². The van der Waals surface area contributed by atoms with Crippen molar-refractivity contribution in [3.63, 3.8) is 0 Å². The summed E-state index contributed by atoms with van der Waals surface area (Å²) < 4.78 is 17.0. The first-order valence-corrected chi connectivity index (χ1v) is 8.56. The average molecular weight is 346 g/mol. The number of nitrogens with one attached hydrogen (secondary N) is 2. The summed E-state index contributed by atoms with van der Waals surface area (Å²) in [5, 5.41) is 12.2. The molecular weight excluding hydrogens is 327 g/mol. The Morgan fingerprint density at radius 1 is 1.46 bits per heavy atom. The minimum atomic E-state index is -0.363. The lowest BCUT2D eigenvalue weighted by atomic mass is 9.98. The molecule has 0 amide bonds. The number of dihydropyridines is 1. The Kier molecular flexibility index (Phi) is 5.88. The fourth-order valence-electron chi connectivity index (χ4n) is 2.38. The van der Waals surface area contributed by atoms with E-state index in [2.05, 4.69) is 10.0 Å². The minimum absolute atomic E-state index is 0.0541. The van der Waals surface area contributed by atoms with E-state index in [4.69, 9.17) is 5.26 Å². The second kappa shape index (κ2) is 7.88. The van der Waals surface area contributed by atoms with Crippen molar-refractivity contribution >= 4 is 17.7 Å². The standard InChI is InChI=1S/C17H19FN4OS/c1-22(2)10-13(8-19)17(23)16-6-11-4-5-14(18)15(21-24-3)7-12(11)9-20-16/h5-7,10,20-21H,4,9H2,1-3H3/b13-10+. The summed E-state index contributed by atoms with van der Waals surface area (Å²) in [5.74, 6) is -0.678. The number of carbonyl (C=O) groups excluding carboxylic acids is 1. The van der Waals surface area contributed by atoms with E-state index in [1.807, 2.05) is 12.3 Å². The van der Waals surface area contributed by atoms with Gasteiger partial charge in [0.1, 0.15) is 17.5 Å². The molecule has 0 atom stereocenters. The Morgan fingerprint density at radius 3 is 2.83 bits per heavy atom. The van der Waals surface area contributed by atoms with Crippen LogP contribution in [0, 0.1) is 11.3 Å². The fourth-order valence-corrected chi connectivity index (χ4v) is 2.76. The van der Waals surface area contributed by atoms with Crippen LogP contribution in [0.4, 0.5) is 4.39 Å². The normalized spacial score (nSPS) is 17.5. The van der Waals surface area contributed by atoms with Gasteiger partial charge in [-0.1, -0.05) is 11.9 Å². The van der Waals surface area contributed by atoms with Gasteiger partial charge in [-0.15, -0.1) is 0 Å². The molecule has 2 N–H and O–H groups in total. The van der Waals surface area contributed by atoms with E-state index in [1.54, 1.807) is 31.1 Å². The second-order valence-corrected chi connectivity index (χ2v) is 6.14. The summed E-state index contributed by atoms with van der Waals surface area (Å²) >= 11 is 1.32. The number of rotatable bonds is 5. The zero-order chi connectivity index (χ0) is 17.7. The zero-order valence-electron chi connectivity index (χ0n) is 13.8. The summed E-state index contributed by atoms with van der Waals surface area (Å²) in [6.45, 7) is 0.411. The molecule has 1 aliphatic heterocycles. The van der Waals surface area contributed by atoms with Gasteiger partial charge in [0.25, 0.3) is 0 Å². The maximum absolute atomic E-state index is 14.0. The number of Topliss-reactive ketones (excluding diaryl/α,β-unsaturated/α-hetero) is 1. The van der Waals surface area contributed by atoms with Crippen LogP contribution in [0.25, 0.3) is 0 Å². The molecule has 0 saturated heterocycles. The third-order valence-corrected chi connectivity index (χ3v) is 3.91. The molecule has 5 nitrogen and oxygen atoms in total. The minimum Gasteiger partial charge on any atom is -0.382 e. The number of halogens is 1. The number of allylic oxidation sites excluding steroid dienone is 5. The predicted molar refractivity (Wildman–Crippen MR) is 94.0 cm³/mol. The number of hydrogen-bond donors (Lipinski definition) is 2. The third kappa shape index (κ3) is 4.09. The Bertz CT molecular complexity index is 738. The number of nitriles is 1. The molecule has 0 unspecified atom stereocenters. The molecule has 0 fully saturated rings. The molecule has 0 aromatic rings. The van der Waals surface area contributed by atoms with Crippen LogP contribution in [-0.2, 0) is 4.79 Å². The summed E-state index contributed by atoms with van der Waals surface area (Å²) in [4.78, 5) is 14.1. The van der Waals surface area contributed by atoms with Crippen molar-refractivity contribution in [3.05, 3.63) is 58.4 Å². The highest BCUT2D eigenvalue weighted by atomic mass is 32.2. The molecule has 1 heterocycles. The smallest absolute Gasteiger partial charge is 0.220 e. The fraction of sp³-hybridized carbons (Fsp3) is 0.294. The van der Waals surface area contributed by atoms with Crippen molar-refractivity contribution in [2.24, 2.45) is 0 Å². The lowest BCUT2D eigenvalue weighted by Crippen LogP contribution is -2.27. The molecule has 24 heavy (non-hydrogen) atoms. The molecule has 2 aliphatic rings. The van der Waals surface area contributed by atoms with Gasteiger partial charge in [0.05, 0.1) is 11.4 Å². The Balaban J connectivity index is 2.33. The van der Waals surface area contributed by atoms with Crippen molar-refractivity contribution in [2.75, 3.05) is 26.9 Å². The molecule has 126 valence electrons. The molecule has 0 aromatic carbocycles. The van der Waals surface area contributed by atoms with Crippen molar-refractivity contribution in [1.29, 1.82) is 5.26 Å². The Morgan fingerprint density at radius 2 is 2.21 bits per heavy atom. The van der Waals surface area contributed by atoms with E-state index >= 15 is 0 Å². The molecule has 0 spiro atoms. The molecule has 2 rings (SSSR count). The number of carbonyl (C=O) groups is 1. The monoisotopic (exact) mass is 346 g/mol. The van der Waals surface area contributed by atoms with Gasteiger partial charge in [-0.3, -0.25) is 4.79 Å². The first-order valence-electron chi connectivity index (χ1n) is 7.33. The quantitative estimate of drug-likeness (QED) is 0.452. The van der Waals surface area contributed by atoms with Crippen LogP contribution in [0.15, 0.2) is 58.4 Å². The van der Waals surface area contributed by atoms with Gasteiger partial charge in [0, 0.05) is 33.1 Å². The van der Waals surface area contributed by atoms with Gasteiger partial charge in [-0.2, -0.15) is 5.26 Å². The van der Waals surface area contributed by atoms with Gasteiger partial charge in [-0.25, -0.2) is 4.39 Å². The average Bonchev–Trinajstić information content (AvgIpc) is 2.71. The zero-order valence-corrected chi connectivity index (χ0v) is 14.6. The number of ketones is 1. The van der Waals surface area contributed by atoms with E-state index in [0.29, 0.717) is 24.4 Å². The Labute approximate surface area is 145 Å². The van der Waals surface area contributed by atoms with Crippen molar-refractivity contribution in [1.82, 2.24) is 14.9 Å². The van der Waals surface area contributed by atoms with E-state index in [0.717, 1.165) is 11.1 Å². The third-order valence-electron chi connectivity index (χ3n) is 3.49. The first kappa shape index (κ1) is 17.9. The maximum atomic E-state index is 14.0. The van der Waals surface area contributed by atoms with Crippen LogP contribution in [0.3, 0.4) is 0 Å². The van der Waals surface area contributed by atoms with Gasteiger partial charge in [0.2, 0.25) is 5.78 Å². The van der Waals surface area contributed by atoms with Crippen LogP contribution in [0.1, 0.15) is 6.42 Å². The van der Waals surface area contributed by atoms with Gasteiger partial charge < -0.3 is 14.9 Å². The van der Waals surface area contributed by atoms with Crippen LogP contribution in [0.2, 0.25) is 0 Å². The van der Waals surface area contributed by atoms with Crippen LogP contribution in [0.5, 0.6) is 0 Å². The van der Waals surface area contributed by atoms with Gasteiger partial charge in [-0.05, 0) is 35.8 Å². The molecule has 7 heteroatoms. The topological polar surface area (TPSA) is 68.2 Å². The highest BCUT2D eigenvalue weighted by Gasteiger charge is 2.22. The predicted octanol–water partition coefficient (Wildman–Crippen LogP) is 2.32. The molecule has 0 radical (unpaired) electrons. The number of nitrogens with zero attached hydrogens (tertiary/aromatic N) is 2. The summed E-state index contributed by atoms with van der Waals surface area (Å²) in [6.07, 6.45) is 8.64. The molecule has 0 aromatic heterocycles. The van der Waals surface area contributed by atoms with Crippen molar-refractivity contribution in [3.8, 4) is 6.07 Å². The summed E-state index contributed by atoms with van der Waals surface area (Å²) in [5.41, 5.74) is 2.61. The van der Waals surface area contributed by atoms with Gasteiger partial charge in [0.15, 0.2) is 0 Å². The lowest BCUT2D eigenvalue weighted by molar-refractivity contribution is -0.112. The van der Waals surface area contributed by atoms with Crippen molar-refractivity contribution in [2.45, 2.75) is 6.42 Å². The highest BCUT2D eigenvalue weighted by molar-refractivity contribution is 7.96. The second-order valence-electron chi connectivity index (χ2n) is 5.53. The summed E-state index contributed by atoms with van der Waals surface area (Å²) in [6, 6.07) is 1.92. The highest BCUT2D eigenvalue weighted by Crippen LogP contribution is 2.27. The van der Waals surface area contributed by atoms with Crippen LogP contribution < -0.4 is 10.0 Å². The first-order chi connectivity index (χ1) is 11.5. The maximum Gasteiger partial charge on any atom is 0.220 e.